The van der Waals surface area contributed by atoms with E-state index in [1.54, 1.807) is 18.2 Å². The Morgan fingerprint density at radius 2 is 2.00 bits per heavy atom. The average molecular weight is 577 g/mol. The molecule has 0 radical (unpaired) electrons. The SMILES string of the molecule is COc1cc(OCC2CC(O[Si](C)(C)C(C)(C)C)CN2C(=O)O)c2c(Nc3ccc(F)c(Cl)c3)ncnc2c1. The maximum absolute atomic E-state index is 13.7. The zero-order chi connectivity index (χ0) is 28.5. The zero-order valence-corrected chi connectivity index (χ0v) is 24.7. The Balaban J connectivity index is 1.61. The molecule has 1 saturated heterocycles. The highest BCUT2D eigenvalue weighted by atomic mass is 35.5. The molecule has 39 heavy (non-hydrogen) atoms. The van der Waals surface area contributed by atoms with Gasteiger partial charge in [0, 0.05) is 24.4 Å². The van der Waals surface area contributed by atoms with Gasteiger partial charge in [-0.25, -0.2) is 19.2 Å². The van der Waals surface area contributed by atoms with E-state index in [0.29, 0.717) is 40.3 Å². The third-order valence-electron chi connectivity index (χ3n) is 7.41. The van der Waals surface area contributed by atoms with Gasteiger partial charge in [0.2, 0.25) is 0 Å². The summed E-state index contributed by atoms with van der Waals surface area (Å²) < 4.78 is 31.9. The van der Waals surface area contributed by atoms with Crippen LogP contribution in [0.1, 0.15) is 27.2 Å². The summed E-state index contributed by atoms with van der Waals surface area (Å²) >= 11 is 5.96. The third kappa shape index (κ3) is 6.37. The summed E-state index contributed by atoms with van der Waals surface area (Å²) in [6, 6.07) is 7.31. The van der Waals surface area contributed by atoms with Crippen LogP contribution >= 0.6 is 11.6 Å². The predicted octanol–water partition coefficient (Wildman–Crippen LogP) is 6.70. The van der Waals surface area contributed by atoms with E-state index < -0.39 is 26.3 Å². The number of nitrogens with zero attached hydrogens (tertiary/aromatic N) is 3. The molecule has 12 heteroatoms. The van der Waals surface area contributed by atoms with Gasteiger partial charge in [0.05, 0.1) is 35.2 Å². The number of anilines is 2. The molecule has 2 unspecified atom stereocenters. The molecule has 2 aromatic carbocycles. The molecule has 0 bridgehead atoms. The normalized spacial score (nSPS) is 17.9. The van der Waals surface area contributed by atoms with Crippen LogP contribution in [0.25, 0.3) is 10.9 Å². The summed E-state index contributed by atoms with van der Waals surface area (Å²) in [7, 11) is -0.547. The van der Waals surface area contributed by atoms with Crippen molar-refractivity contribution in [1.82, 2.24) is 14.9 Å². The van der Waals surface area contributed by atoms with E-state index in [4.69, 9.17) is 25.5 Å². The van der Waals surface area contributed by atoms with Gasteiger partial charge in [0.25, 0.3) is 0 Å². The lowest BCUT2D eigenvalue weighted by molar-refractivity contribution is 0.120. The topological polar surface area (TPSA) is 106 Å². The molecule has 3 aromatic rings. The maximum atomic E-state index is 13.7. The van der Waals surface area contributed by atoms with Crippen LogP contribution in [0.3, 0.4) is 0 Å². The molecule has 2 N–H and O–H groups in total. The number of methoxy groups -OCH3 is 1. The summed E-state index contributed by atoms with van der Waals surface area (Å²) in [5.41, 5.74) is 1.08. The van der Waals surface area contributed by atoms with E-state index in [0.717, 1.165) is 0 Å². The standard InChI is InChI=1S/C27H34ClFN4O5Si/c1-27(2,3)39(5,6)38-19-10-17(33(13-19)26(34)35)14-37-23-12-18(36-4)11-22-24(23)25(31-15-30-22)32-16-7-8-21(29)20(28)9-16/h7-9,11-12,15,17,19H,10,13-14H2,1-6H3,(H,34,35)(H,30,31,32). The number of aromatic nitrogens is 2. The van der Waals surface area contributed by atoms with Crippen molar-refractivity contribution in [3.8, 4) is 11.5 Å². The summed E-state index contributed by atoms with van der Waals surface area (Å²) in [5.74, 6) is 0.826. The fourth-order valence-corrected chi connectivity index (χ4v) is 5.84. The lowest BCUT2D eigenvalue weighted by Crippen LogP contribution is -2.44. The van der Waals surface area contributed by atoms with Gasteiger partial charge in [-0.3, -0.25) is 4.90 Å². The third-order valence-corrected chi connectivity index (χ3v) is 12.2. The van der Waals surface area contributed by atoms with E-state index in [9.17, 15) is 14.3 Å². The van der Waals surface area contributed by atoms with E-state index in [2.05, 4.69) is 49.1 Å². The minimum absolute atomic E-state index is 0.00724. The number of likely N-dealkylation sites (tertiary alicyclic amines) is 1. The summed E-state index contributed by atoms with van der Waals surface area (Å²) in [5, 5.41) is 13.6. The second-order valence-electron chi connectivity index (χ2n) is 11.1. The van der Waals surface area contributed by atoms with Crippen LogP contribution in [0.2, 0.25) is 23.2 Å². The number of nitrogens with one attached hydrogen (secondary N) is 1. The number of halogens is 2. The molecule has 4 rings (SSSR count). The van der Waals surface area contributed by atoms with E-state index >= 15 is 0 Å². The molecule has 1 fully saturated rings. The van der Waals surface area contributed by atoms with Crippen LogP contribution in [-0.4, -0.2) is 66.8 Å². The minimum Gasteiger partial charge on any atom is -0.497 e. The lowest BCUT2D eigenvalue weighted by atomic mass is 10.2. The van der Waals surface area contributed by atoms with Crippen molar-refractivity contribution in [2.75, 3.05) is 25.6 Å². The summed E-state index contributed by atoms with van der Waals surface area (Å²) in [6.45, 7) is 11.2. The van der Waals surface area contributed by atoms with Crippen molar-refractivity contribution in [2.24, 2.45) is 0 Å². The van der Waals surface area contributed by atoms with Gasteiger partial charge < -0.3 is 24.3 Å². The predicted molar refractivity (Wildman–Crippen MR) is 151 cm³/mol. The van der Waals surface area contributed by atoms with Crippen LogP contribution in [0.15, 0.2) is 36.7 Å². The van der Waals surface area contributed by atoms with Crippen LogP contribution in [0.5, 0.6) is 11.5 Å². The highest BCUT2D eigenvalue weighted by Gasteiger charge is 2.44. The highest BCUT2D eigenvalue weighted by molar-refractivity contribution is 6.74. The van der Waals surface area contributed by atoms with Gasteiger partial charge in [0.1, 0.15) is 36.1 Å². The first-order valence-corrected chi connectivity index (χ1v) is 15.9. The Morgan fingerprint density at radius 1 is 1.26 bits per heavy atom. The molecule has 0 saturated carbocycles. The molecule has 0 spiro atoms. The molecule has 1 aliphatic heterocycles. The maximum Gasteiger partial charge on any atom is 0.407 e. The largest absolute Gasteiger partial charge is 0.497 e. The van der Waals surface area contributed by atoms with Gasteiger partial charge in [-0.1, -0.05) is 32.4 Å². The number of carbonyl (C=O) groups is 1. The molecule has 2 heterocycles. The Morgan fingerprint density at radius 3 is 2.64 bits per heavy atom. The second kappa shape index (κ2) is 11.1. The number of hydrogen-bond acceptors (Lipinski definition) is 7. The molecular formula is C27H34ClFN4O5Si. The average Bonchev–Trinajstić information content (AvgIpc) is 3.26. The zero-order valence-electron chi connectivity index (χ0n) is 22.9. The Labute approximate surface area is 233 Å². The van der Waals surface area contributed by atoms with Crippen molar-refractivity contribution in [3.63, 3.8) is 0 Å². The smallest absolute Gasteiger partial charge is 0.407 e. The first-order valence-electron chi connectivity index (χ1n) is 12.6. The summed E-state index contributed by atoms with van der Waals surface area (Å²) in [4.78, 5) is 22.2. The van der Waals surface area contributed by atoms with Crippen LogP contribution in [-0.2, 0) is 4.43 Å². The minimum atomic E-state index is -2.09. The molecule has 210 valence electrons. The number of benzene rings is 2. The molecule has 1 aromatic heterocycles. The first-order chi connectivity index (χ1) is 18.3. The van der Waals surface area contributed by atoms with Gasteiger partial charge in [-0.2, -0.15) is 0 Å². The second-order valence-corrected chi connectivity index (χ2v) is 16.3. The van der Waals surface area contributed by atoms with E-state index in [-0.39, 0.29) is 29.3 Å². The first kappa shape index (κ1) is 28.8. The summed E-state index contributed by atoms with van der Waals surface area (Å²) in [6.07, 6.45) is 0.696. The number of fused-ring (bicyclic) bond motifs is 1. The molecule has 2 atom stereocenters. The van der Waals surface area contributed by atoms with E-state index in [1.165, 1.54) is 30.5 Å². The molecule has 1 aliphatic rings. The molecule has 0 aliphatic carbocycles. The van der Waals surface area contributed by atoms with Crippen LogP contribution < -0.4 is 14.8 Å². The number of amides is 1. The molecule has 9 nitrogen and oxygen atoms in total. The van der Waals surface area contributed by atoms with Gasteiger partial charge in [-0.15, -0.1) is 0 Å². The van der Waals surface area contributed by atoms with Gasteiger partial charge >= 0.3 is 6.09 Å². The Kier molecular flexibility index (Phi) is 8.24. The number of ether oxygens (including phenoxy) is 2. The number of rotatable bonds is 8. The van der Waals surface area contributed by atoms with Crippen molar-refractivity contribution < 1.29 is 28.2 Å². The fraction of sp³-hybridized carbons (Fsp3) is 0.444. The quantitative estimate of drug-likeness (QED) is 0.285. The fourth-order valence-electron chi connectivity index (χ4n) is 4.30. The van der Waals surface area contributed by atoms with Gasteiger partial charge in [-0.05, 0) is 42.8 Å². The van der Waals surface area contributed by atoms with Crippen LogP contribution in [0.4, 0.5) is 20.7 Å². The van der Waals surface area contributed by atoms with Crippen LogP contribution in [0, 0.1) is 5.82 Å². The number of hydrogen-bond donors (Lipinski definition) is 2. The van der Waals surface area contributed by atoms with Gasteiger partial charge in [0.15, 0.2) is 8.32 Å². The lowest BCUT2D eigenvalue weighted by Gasteiger charge is -2.38. The Bertz CT molecular complexity index is 1370. The highest BCUT2D eigenvalue weighted by Crippen LogP contribution is 2.40. The number of carboxylic acid groups (broad SMARTS) is 1. The molecule has 1 amide bonds. The molecular weight excluding hydrogens is 543 g/mol. The Hall–Kier alpha value is -3.15. The van der Waals surface area contributed by atoms with E-state index in [1.807, 2.05) is 0 Å². The monoisotopic (exact) mass is 576 g/mol. The van der Waals surface area contributed by atoms with Crippen molar-refractivity contribution in [3.05, 3.63) is 47.5 Å². The van der Waals surface area contributed by atoms with Crippen molar-refractivity contribution in [1.29, 1.82) is 0 Å². The van der Waals surface area contributed by atoms with Crippen molar-refractivity contribution in [2.45, 2.75) is 57.5 Å². The van der Waals surface area contributed by atoms with Crippen molar-refractivity contribution >= 4 is 48.4 Å².